The van der Waals surface area contributed by atoms with Gasteiger partial charge in [0.15, 0.2) is 0 Å². The van der Waals surface area contributed by atoms with Crippen LogP contribution >= 0.6 is 0 Å². The van der Waals surface area contributed by atoms with E-state index in [4.69, 9.17) is 0 Å². The van der Waals surface area contributed by atoms with Crippen molar-refractivity contribution >= 4 is 20.7 Å². The largest absolute Gasteiger partial charge is 0.299 e. The van der Waals surface area contributed by atoms with Gasteiger partial charge in [0, 0.05) is 18.2 Å². The molecule has 1 saturated heterocycles. The number of piperidine rings is 1. The molecule has 0 atom stereocenters. The third-order valence-electron chi connectivity index (χ3n) is 4.10. The van der Waals surface area contributed by atoms with Gasteiger partial charge in [-0.1, -0.05) is 18.2 Å². The number of hydrogen-bond acceptors (Lipinski definition) is 4. The molecule has 1 aliphatic heterocycles. The number of benzene rings is 1. The fourth-order valence-corrected chi connectivity index (χ4v) is 3.97. The lowest BCUT2D eigenvalue weighted by Gasteiger charge is -2.31. The summed E-state index contributed by atoms with van der Waals surface area (Å²) in [6.45, 7) is 2.51. The first-order valence-corrected chi connectivity index (χ1v) is 8.82. The number of hydrogen-bond donors (Lipinski definition) is 1. The number of nitrogens with zero attached hydrogens (tertiary/aromatic N) is 2. The SMILES string of the molecule is CS(=O)(=O)C1CCN(Cc2cccc3cn[nH]c23)CC1. The van der Waals surface area contributed by atoms with Crippen LogP contribution < -0.4 is 0 Å². The number of H-pyrrole nitrogens is 1. The highest BCUT2D eigenvalue weighted by Crippen LogP contribution is 2.22. The highest BCUT2D eigenvalue weighted by atomic mass is 32.2. The molecular weight excluding hydrogens is 274 g/mol. The summed E-state index contributed by atoms with van der Waals surface area (Å²) in [7, 11) is -2.89. The van der Waals surface area contributed by atoms with Crippen LogP contribution in [-0.2, 0) is 16.4 Å². The molecule has 1 fully saturated rings. The molecule has 2 aromatic rings. The molecule has 0 aliphatic carbocycles. The molecule has 0 spiro atoms. The third kappa shape index (κ3) is 2.71. The summed E-state index contributed by atoms with van der Waals surface area (Å²) >= 11 is 0. The maximum Gasteiger partial charge on any atom is 0.150 e. The predicted octanol–water partition coefficient (Wildman–Crippen LogP) is 1.57. The van der Waals surface area contributed by atoms with Gasteiger partial charge in [-0.2, -0.15) is 5.10 Å². The van der Waals surface area contributed by atoms with Crippen molar-refractivity contribution in [1.82, 2.24) is 15.1 Å². The molecule has 3 rings (SSSR count). The van der Waals surface area contributed by atoms with Crippen LogP contribution in [-0.4, -0.2) is 48.1 Å². The third-order valence-corrected chi connectivity index (χ3v) is 5.78. The predicted molar refractivity (Wildman–Crippen MR) is 79.2 cm³/mol. The fraction of sp³-hybridized carbons (Fsp3) is 0.500. The lowest BCUT2D eigenvalue weighted by Crippen LogP contribution is -2.38. The highest BCUT2D eigenvalue weighted by molar-refractivity contribution is 7.91. The van der Waals surface area contributed by atoms with Gasteiger partial charge in [0.25, 0.3) is 0 Å². The van der Waals surface area contributed by atoms with Crippen LogP contribution in [0.5, 0.6) is 0 Å². The van der Waals surface area contributed by atoms with Gasteiger partial charge in [-0.25, -0.2) is 8.42 Å². The Labute approximate surface area is 118 Å². The number of sulfone groups is 1. The van der Waals surface area contributed by atoms with Crippen molar-refractivity contribution in [1.29, 1.82) is 0 Å². The number of fused-ring (bicyclic) bond motifs is 1. The summed E-state index contributed by atoms with van der Waals surface area (Å²) < 4.78 is 23.1. The van der Waals surface area contributed by atoms with E-state index in [1.54, 1.807) is 0 Å². The van der Waals surface area contributed by atoms with Gasteiger partial charge in [0.2, 0.25) is 0 Å². The van der Waals surface area contributed by atoms with Gasteiger partial charge in [-0.3, -0.25) is 10.00 Å². The maximum atomic E-state index is 11.6. The van der Waals surface area contributed by atoms with Gasteiger partial charge in [0.05, 0.1) is 17.0 Å². The Morgan fingerprint density at radius 2 is 2.10 bits per heavy atom. The normalized spacial score (nSPS) is 18.6. The van der Waals surface area contributed by atoms with Crippen molar-refractivity contribution in [3.8, 4) is 0 Å². The number of aromatic nitrogens is 2. The van der Waals surface area contributed by atoms with Gasteiger partial charge in [-0.15, -0.1) is 0 Å². The molecule has 0 saturated carbocycles. The van der Waals surface area contributed by atoms with Crippen LogP contribution in [0.4, 0.5) is 0 Å². The van der Waals surface area contributed by atoms with Crippen molar-refractivity contribution in [3.05, 3.63) is 30.0 Å². The van der Waals surface area contributed by atoms with Crippen molar-refractivity contribution in [2.24, 2.45) is 0 Å². The van der Waals surface area contributed by atoms with E-state index in [0.29, 0.717) is 0 Å². The summed E-state index contributed by atoms with van der Waals surface area (Å²) in [6.07, 6.45) is 4.64. The summed E-state index contributed by atoms with van der Waals surface area (Å²) in [5.74, 6) is 0. The molecule has 0 radical (unpaired) electrons. The zero-order valence-corrected chi connectivity index (χ0v) is 12.4. The minimum absolute atomic E-state index is 0.165. The van der Waals surface area contributed by atoms with E-state index >= 15 is 0 Å². The second kappa shape index (κ2) is 5.18. The Morgan fingerprint density at radius 3 is 2.80 bits per heavy atom. The van der Waals surface area contributed by atoms with Gasteiger partial charge < -0.3 is 0 Å². The maximum absolute atomic E-state index is 11.6. The van der Waals surface area contributed by atoms with E-state index in [1.807, 2.05) is 18.3 Å². The van der Waals surface area contributed by atoms with E-state index in [2.05, 4.69) is 21.2 Å². The van der Waals surface area contributed by atoms with Gasteiger partial charge in [-0.05, 0) is 31.5 Å². The molecular formula is C14H19N3O2S. The number of likely N-dealkylation sites (tertiary alicyclic amines) is 1. The quantitative estimate of drug-likeness (QED) is 0.933. The van der Waals surface area contributed by atoms with Gasteiger partial charge in [0.1, 0.15) is 9.84 Å². The van der Waals surface area contributed by atoms with Crippen molar-refractivity contribution in [3.63, 3.8) is 0 Å². The first kappa shape index (κ1) is 13.6. The highest BCUT2D eigenvalue weighted by Gasteiger charge is 2.26. The van der Waals surface area contributed by atoms with E-state index in [0.717, 1.165) is 43.4 Å². The molecule has 5 nitrogen and oxygen atoms in total. The van der Waals surface area contributed by atoms with Crippen LogP contribution in [0.25, 0.3) is 10.9 Å². The minimum atomic E-state index is -2.89. The summed E-state index contributed by atoms with van der Waals surface area (Å²) in [5.41, 5.74) is 2.30. The summed E-state index contributed by atoms with van der Waals surface area (Å²) in [4.78, 5) is 2.32. The first-order valence-electron chi connectivity index (χ1n) is 6.86. The standard InChI is InChI=1S/C14H19N3O2S/c1-20(18,19)13-5-7-17(8-6-13)10-12-4-2-3-11-9-15-16-14(11)12/h2-4,9,13H,5-8,10H2,1H3,(H,15,16). The summed E-state index contributed by atoms with van der Waals surface area (Å²) in [6, 6.07) is 6.18. The molecule has 6 heteroatoms. The zero-order chi connectivity index (χ0) is 14.2. The van der Waals surface area contributed by atoms with E-state index < -0.39 is 9.84 Å². The van der Waals surface area contributed by atoms with Crippen molar-refractivity contribution in [2.75, 3.05) is 19.3 Å². The lowest BCUT2D eigenvalue weighted by molar-refractivity contribution is 0.223. The van der Waals surface area contributed by atoms with Crippen LogP contribution in [0.1, 0.15) is 18.4 Å². The Hall–Kier alpha value is -1.40. The second-order valence-corrected chi connectivity index (χ2v) is 7.88. The van der Waals surface area contributed by atoms with Crippen LogP contribution in [0.3, 0.4) is 0 Å². The Bertz CT molecular complexity index is 700. The summed E-state index contributed by atoms with van der Waals surface area (Å²) in [5, 5.41) is 8.07. The van der Waals surface area contributed by atoms with Crippen LogP contribution in [0.2, 0.25) is 0 Å². The van der Waals surface area contributed by atoms with E-state index in [9.17, 15) is 8.42 Å². The van der Waals surface area contributed by atoms with Gasteiger partial charge >= 0.3 is 0 Å². The molecule has 1 aromatic carbocycles. The topological polar surface area (TPSA) is 66.1 Å². The number of para-hydroxylation sites is 1. The number of nitrogens with one attached hydrogen (secondary N) is 1. The molecule has 108 valence electrons. The van der Waals surface area contributed by atoms with Crippen LogP contribution in [0, 0.1) is 0 Å². The monoisotopic (exact) mass is 293 g/mol. The molecule has 1 aromatic heterocycles. The fourth-order valence-electron chi connectivity index (χ4n) is 2.90. The molecule has 0 amide bonds. The number of rotatable bonds is 3. The average molecular weight is 293 g/mol. The molecule has 1 N–H and O–H groups in total. The van der Waals surface area contributed by atoms with Crippen LogP contribution in [0.15, 0.2) is 24.4 Å². The molecule has 0 unspecified atom stereocenters. The Kier molecular flexibility index (Phi) is 3.52. The number of aromatic amines is 1. The van der Waals surface area contributed by atoms with Crippen molar-refractivity contribution < 1.29 is 8.42 Å². The van der Waals surface area contributed by atoms with Crippen molar-refractivity contribution in [2.45, 2.75) is 24.6 Å². The smallest absolute Gasteiger partial charge is 0.150 e. The zero-order valence-electron chi connectivity index (χ0n) is 11.5. The molecule has 1 aliphatic rings. The second-order valence-electron chi connectivity index (χ2n) is 5.56. The Balaban J connectivity index is 1.70. The molecule has 20 heavy (non-hydrogen) atoms. The average Bonchev–Trinajstić information content (AvgIpc) is 2.88. The molecule has 0 bridgehead atoms. The minimum Gasteiger partial charge on any atom is -0.299 e. The Morgan fingerprint density at radius 1 is 1.35 bits per heavy atom. The van der Waals surface area contributed by atoms with E-state index in [1.165, 1.54) is 11.8 Å². The first-order chi connectivity index (χ1) is 9.54. The van der Waals surface area contributed by atoms with E-state index in [-0.39, 0.29) is 5.25 Å². The lowest BCUT2D eigenvalue weighted by atomic mass is 10.1. The molecule has 2 heterocycles.